The minimum absolute atomic E-state index is 0.0740. The Hall–Kier alpha value is -5.14. The second kappa shape index (κ2) is 12.7. The molecule has 4 aromatic rings. The Morgan fingerprint density at radius 3 is 2.59 bits per heavy atom. The van der Waals surface area contributed by atoms with Crippen LogP contribution in [0.5, 0.6) is 0 Å². The molecule has 2 atom stereocenters. The van der Waals surface area contributed by atoms with E-state index in [1.807, 2.05) is 30.3 Å². The van der Waals surface area contributed by atoms with E-state index in [0.29, 0.717) is 22.1 Å². The maximum absolute atomic E-state index is 14.2. The molecule has 2 fully saturated rings. The Bertz CT molecular complexity index is 1840. The van der Waals surface area contributed by atoms with E-state index in [-0.39, 0.29) is 44.4 Å². The van der Waals surface area contributed by atoms with Gasteiger partial charge in [0.15, 0.2) is 5.13 Å². The third kappa shape index (κ3) is 6.06. The highest BCUT2D eigenvalue weighted by atomic mass is 32.1. The molecule has 236 valence electrons. The average molecular weight is 641 g/mol. The van der Waals surface area contributed by atoms with Crippen molar-refractivity contribution in [1.82, 2.24) is 24.8 Å². The number of benzene rings is 3. The zero-order valence-corrected chi connectivity index (χ0v) is 26.0. The first-order valence-electron chi connectivity index (χ1n) is 14.7. The number of carbonyl (C=O) groups is 3. The van der Waals surface area contributed by atoms with Gasteiger partial charge in [0.1, 0.15) is 18.0 Å². The highest BCUT2D eigenvalue weighted by molar-refractivity contribution is 7.22. The molecular weight excluding hydrogens is 607 g/mol. The molecule has 2 saturated heterocycles. The van der Waals surface area contributed by atoms with Crippen molar-refractivity contribution in [3.05, 3.63) is 102 Å². The first-order valence-corrected chi connectivity index (χ1v) is 15.5. The molecule has 4 amide bonds. The summed E-state index contributed by atoms with van der Waals surface area (Å²) in [7, 11) is 0. The number of hydrazine groups is 1. The van der Waals surface area contributed by atoms with Gasteiger partial charge in [-0.2, -0.15) is 10.0 Å². The molecule has 2 aliphatic rings. The summed E-state index contributed by atoms with van der Waals surface area (Å²) >= 11 is 1.37. The maximum atomic E-state index is 14.2. The van der Waals surface area contributed by atoms with Crippen molar-refractivity contribution in [3.8, 4) is 0 Å². The number of para-hydroxylation sites is 1. The largest absolute Gasteiger partial charge is 0.399 e. The Morgan fingerprint density at radius 2 is 1.87 bits per heavy atom. The molecule has 11 nitrogen and oxygen atoms in total. The van der Waals surface area contributed by atoms with Crippen molar-refractivity contribution in [1.29, 1.82) is 0 Å². The quantitative estimate of drug-likeness (QED) is 0.168. The number of piperazine rings is 1. The number of hydrogen-bond acceptors (Lipinski definition) is 8. The van der Waals surface area contributed by atoms with Crippen molar-refractivity contribution in [2.45, 2.75) is 32.1 Å². The van der Waals surface area contributed by atoms with E-state index in [9.17, 15) is 18.8 Å². The Kier molecular flexibility index (Phi) is 8.52. The Balaban J connectivity index is 1.35. The number of rotatable bonds is 8. The van der Waals surface area contributed by atoms with Gasteiger partial charge in [-0.05, 0) is 53.9 Å². The number of nitrogens with two attached hydrogens (primary N) is 2. The molecule has 13 heteroatoms. The zero-order valence-electron chi connectivity index (χ0n) is 25.2. The summed E-state index contributed by atoms with van der Waals surface area (Å²) in [5.74, 6) is -0.893. The van der Waals surface area contributed by atoms with E-state index in [2.05, 4.69) is 16.6 Å². The summed E-state index contributed by atoms with van der Waals surface area (Å²) in [5.41, 5.74) is 15.9. The number of aliphatic imine (C=N–C) groups is 1. The molecule has 4 N–H and O–H groups in total. The summed E-state index contributed by atoms with van der Waals surface area (Å²) in [4.78, 5) is 53.6. The van der Waals surface area contributed by atoms with E-state index >= 15 is 0 Å². The van der Waals surface area contributed by atoms with Crippen LogP contribution in [0.15, 0.2) is 84.4 Å². The van der Waals surface area contributed by atoms with Crippen LogP contribution in [-0.4, -0.2) is 80.2 Å². The van der Waals surface area contributed by atoms with E-state index in [0.717, 1.165) is 21.3 Å². The Labute approximate surface area is 269 Å². The summed E-state index contributed by atoms with van der Waals surface area (Å²) in [5, 5.41) is 3.46. The first kappa shape index (κ1) is 30.9. The van der Waals surface area contributed by atoms with Gasteiger partial charge in [-0.1, -0.05) is 53.8 Å². The molecule has 0 saturated carbocycles. The fourth-order valence-electron chi connectivity index (χ4n) is 6.00. The molecule has 3 aromatic carbocycles. The number of thiazole rings is 1. The first-order chi connectivity index (χ1) is 22.1. The molecule has 0 unspecified atom stereocenters. The van der Waals surface area contributed by atoms with Gasteiger partial charge in [-0.25, -0.2) is 19.2 Å². The molecule has 0 spiro atoms. The molecule has 2 aliphatic heterocycles. The number of urea groups is 1. The molecule has 3 heterocycles. The second-order valence-corrected chi connectivity index (χ2v) is 12.3. The normalized spacial score (nSPS) is 18.7. The van der Waals surface area contributed by atoms with E-state index < -0.39 is 24.1 Å². The smallest absolute Gasteiger partial charge is 0.358 e. The standard InChI is InChI=1S/C33H33FN8O3S/c1-3-15-40(33(45)37-20(2)22-9-11-24(34)12-10-22)41-19-29(43)42-26(16-21-7-13-25(35)14-8-21)31(44)39(18-28(41)42)17-23-5-4-6-27-30(23)38-32(36)46-27/h3-14,26,28H,1,15-19,35H2,2H3,(H2,36,38)/t26-,28+/m0/s1. The third-order valence-electron chi connectivity index (χ3n) is 8.21. The maximum Gasteiger partial charge on any atom is 0.358 e. The zero-order chi connectivity index (χ0) is 32.5. The van der Waals surface area contributed by atoms with Gasteiger partial charge < -0.3 is 21.3 Å². The predicted octanol–water partition coefficient (Wildman–Crippen LogP) is 4.06. The fraction of sp³-hybridized carbons (Fsp3) is 0.242. The van der Waals surface area contributed by atoms with Crippen molar-refractivity contribution in [3.63, 3.8) is 0 Å². The van der Waals surface area contributed by atoms with Gasteiger partial charge in [0.05, 0.1) is 35.6 Å². The minimum Gasteiger partial charge on any atom is -0.399 e. The van der Waals surface area contributed by atoms with Gasteiger partial charge in [0, 0.05) is 18.7 Å². The van der Waals surface area contributed by atoms with Crippen LogP contribution >= 0.6 is 11.3 Å². The highest BCUT2D eigenvalue weighted by Gasteiger charge is 2.52. The van der Waals surface area contributed by atoms with Gasteiger partial charge in [-0.3, -0.25) is 9.59 Å². The second-order valence-electron chi connectivity index (χ2n) is 11.2. The SMILES string of the molecule is C=CCN(C(=O)N=C(C)c1ccc(F)cc1)N1CC(=O)N2[C@@H](Cc3ccc(N)cc3)C(=O)N(Cc3cccc4sc(N)nc34)C[C@@H]21. The minimum atomic E-state index is -0.829. The Morgan fingerprint density at radius 1 is 1.13 bits per heavy atom. The number of nitrogen functional groups attached to an aromatic ring is 2. The molecule has 0 aliphatic carbocycles. The van der Waals surface area contributed by atoms with Crippen LogP contribution in [0.4, 0.5) is 20.0 Å². The lowest BCUT2D eigenvalue weighted by Gasteiger charge is -2.46. The molecular formula is C33H33FN8O3S. The number of carbonyl (C=O) groups excluding carboxylic acids is 3. The molecule has 0 radical (unpaired) electrons. The molecule has 6 rings (SSSR count). The van der Waals surface area contributed by atoms with Crippen molar-refractivity contribution >= 4 is 55.9 Å². The predicted molar refractivity (Wildman–Crippen MR) is 176 cm³/mol. The fourth-order valence-corrected chi connectivity index (χ4v) is 6.78. The number of hydrogen-bond donors (Lipinski definition) is 2. The topological polar surface area (TPSA) is 141 Å². The number of aromatic nitrogens is 1. The van der Waals surface area contributed by atoms with Crippen molar-refractivity contribution in [2.24, 2.45) is 4.99 Å². The van der Waals surface area contributed by atoms with Gasteiger partial charge in [-0.15, -0.1) is 6.58 Å². The van der Waals surface area contributed by atoms with Crippen LogP contribution in [0, 0.1) is 5.82 Å². The average Bonchev–Trinajstić information content (AvgIpc) is 3.58. The van der Waals surface area contributed by atoms with E-state index in [1.165, 1.54) is 28.5 Å². The van der Waals surface area contributed by atoms with Crippen LogP contribution in [0.3, 0.4) is 0 Å². The summed E-state index contributed by atoms with van der Waals surface area (Å²) < 4.78 is 14.4. The van der Waals surface area contributed by atoms with Crippen molar-refractivity contribution < 1.29 is 18.8 Å². The summed E-state index contributed by atoms with van der Waals surface area (Å²) in [6, 6.07) is 17.2. The number of amides is 4. The van der Waals surface area contributed by atoms with Crippen LogP contribution in [0.1, 0.15) is 23.6 Å². The lowest BCUT2D eigenvalue weighted by atomic mass is 9.99. The highest BCUT2D eigenvalue weighted by Crippen LogP contribution is 2.32. The number of nitrogens with zero attached hydrogens (tertiary/aromatic N) is 6. The van der Waals surface area contributed by atoms with Crippen LogP contribution in [0.2, 0.25) is 0 Å². The lowest BCUT2D eigenvalue weighted by molar-refractivity contribution is -0.157. The van der Waals surface area contributed by atoms with Gasteiger partial charge in [0.2, 0.25) is 11.8 Å². The molecule has 46 heavy (non-hydrogen) atoms. The molecule has 1 aromatic heterocycles. The summed E-state index contributed by atoms with van der Waals surface area (Å²) in [6.07, 6.45) is 1.16. The van der Waals surface area contributed by atoms with Gasteiger partial charge in [0.25, 0.3) is 0 Å². The van der Waals surface area contributed by atoms with E-state index in [4.69, 9.17) is 11.5 Å². The third-order valence-corrected chi connectivity index (χ3v) is 9.06. The summed E-state index contributed by atoms with van der Waals surface area (Å²) in [6.45, 7) is 5.80. The van der Waals surface area contributed by atoms with Crippen LogP contribution in [-0.2, 0) is 22.6 Å². The van der Waals surface area contributed by atoms with Crippen molar-refractivity contribution in [2.75, 3.05) is 31.1 Å². The van der Waals surface area contributed by atoms with Crippen LogP contribution in [0.25, 0.3) is 10.2 Å². The lowest BCUT2D eigenvalue weighted by Crippen LogP contribution is -2.65. The monoisotopic (exact) mass is 640 g/mol. The number of anilines is 2. The number of fused-ring (bicyclic) bond motifs is 2. The van der Waals surface area contributed by atoms with Gasteiger partial charge >= 0.3 is 6.03 Å². The van der Waals surface area contributed by atoms with Crippen LogP contribution < -0.4 is 11.5 Å². The number of halogens is 1. The molecule has 0 bridgehead atoms. The van der Waals surface area contributed by atoms with E-state index in [1.54, 1.807) is 52.1 Å².